The van der Waals surface area contributed by atoms with Crippen LogP contribution in [0.25, 0.3) is 0 Å². The van der Waals surface area contributed by atoms with Gasteiger partial charge in [0.2, 0.25) is 17.7 Å². The van der Waals surface area contributed by atoms with Gasteiger partial charge in [0.25, 0.3) is 0 Å². The van der Waals surface area contributed by atoms with Crippen molar-refractivity contribution in [3.8, 4) is 0 Å². The second kappa shape index (κ2) is 12.6. The van der Waals surface area contributed by atoms with Crippen LogP contribution in [-0.2, 0) is 20.9 Å². The number of likely N-dealkylation sites (tertiary alicyclic amines) is 1. The number of alkyl halides is 1. The summed E-state index contributed by atoms with van der Waals surface area (Å²) in [7, 11) is 0. The normalized spacial score (nSPS) is 29.7. The molecule has 4 rings (SSSR count). The average Bonchev–Trinajstić information content (AvgIpc) is 3.52. The molecule has 0 saturated carbocycles. The number of rotatable bonds is 13. The highest BCUT2D eigenvalue weighted by Crippen LogP contribution is 2.68. The van der Waals surface area contributed by atoms with Crippen LogP contribution in [0.3, 0.4) is 0 Å². The smallest absolute Gasteiger partial charge is 0.247 e. The predicted molar refractivity (Wildman–Crippen MR) is 159 cm³/mol. The van der Waals surface area contributed by atoms with Crippen LogP contribution in [0.2, 0.25) is 0 Å². The van der Waals surface area contributed by atoms with Crippen molar-refractivity contribution in [2.75, 3.05) is 26.2 Å². The fraction of sp³-hybridized carbons (Fsp3) is 0.567. The number of hydrogen-bond acceptors (Lipinski definition) is 5. The van der Waals surface area contributed by atoms with E-state index in [-0.39, 0.29) is 34.4 Å². The lowest BCUT2D eigenvalue weighted by Gasteiger charge is -2.40. The molecule has 7 atom stereocenters. The van der Waals surface area contributed by atoms with Gasteiger partial charge < -0.3 is 19.8 Å². The molecule has 3 aliphatic rings. The van der Waals surface area contributed by atoms with E-state index in [1.807, 2.05) is 44.2 Å². The van der Waals surface area contributed by atoms with Crippen LogP contribution in [0.4, 0.5) is 0 Å². The lowest BCUT2D eigenvalue weighted by molar-refractivity contribution is -0.147. The van der Waals surface area contributed by atoms with Gasteiger partial charge in [0, 0.05) is 36.3 Å². The molecule has 3 aliphatic heterocycles. The second-order valence-corrected chi connectivity index (χ2v) is 13.4. The number of aliphatic hydroxyl groups excluding tert-OH is 1. The van der Waals surface area contributed by atoms with Crippen molar-refractivity contribution in [2.45, 2.75) is 66.6 Å². The maximum absolute atomic E-state index is 14.5. The lowest BCUT2D eigenvalue weighted by atomic mass is 9.70. The highest BCUT2D eigenvalue weighted by Gasteiger charge is 2.76. The quantitative estimate of drug-likeness (QED) is 0.268. The van der Waals surface area contributed by atoms with Crippen molar-refractivity contribution < 1.29 is 19.5 Å². The molecule has 1 spiro atoms. The van der Waals surface area contributed by atoms with Crippen LogP contribution in [0.1, 0.15) is 38.7 Å². The average molecular weight is 619 g/mol. The van der Waals surface area contributed by atoms with Crippen LogP contribution in [0.15, 0.2) is 55.6 Å². The molecule has 3 fully saturated rings. The van der Waals surface area contributed by atoms with Gasteiger partial charge in [0.15, 0.2) is 0 Å². The van der Waals surface area contributed by atoms with E-state index in [1.54, 1.807) is 38.6 Å². The van der Waals surface area contributed by atoms with Gasteiger partial charge in [0.05, 0.1) is 29.2 Å². The van der Waals surface area contributed by atoms with E-state index in [0.29, 0.717) is 39.0 Å². The highest BCUT2D eigenvalue weighted by atomic mass is 79.9. The maximum atomic E-state index is 14.5. The molecule has 212 valence electrons. The standard InChI is InChI=1S/C30H40BrN3O4S/c1-5-14-32(15-6-2)27(36)23-24-28(37)34(21(8-4)19-35)26(30(24)17-22(31)25(23)39-30)29(38)33(16-7-3)18-20-12-10-9-11-13-20/h5,7,9-13,21-26,35H,1,3,6,8,14-19H2,2,4H3/t21-,22?,23+,24-,25+,26?,30?/m0/s1. The Balaban J connectivity index is 1.78. The topological polar surface area (TPSA) is 81.2 Å². The van der Waals surface area contributed by atoms with Crippen LogP contribution < -0.4 is 0 Å². The Hall–Kier alpha value is -2.10. The summed E-state index contributed by atoms with van der Waals surface area (Å²) in [4.78, 5) is 48.1. The lowest BCUT2D eigenvalue weighted by Crippen LogP contribution is -2.57. The number of fused-ring (bicyclic) bond motifs is 1. The van der Waals surface area contributed by atoms with Gasteiger partial charge in [-0.3, -0.25) is 14.4 Å². The summed E-state index contributed by atoms with van der Waals surface area (Å²) in [5.74, 6) is -1.54. The summed E-state index contributed by atoms with van der Waals surface area (Å²) in [6.07, 6.45) is 5.35. The van der Waals surface area contributed by atoms with Crippen molar-refractivity contribution in [3.05, 3.63) is 61.2 Å². The third-order valence-electron chi connectivity index (χ3n) is 8.35. The summed E-state index contributed by atoms with van der Waals surface area (Å²) in [5.41, 5.74) is 0.987. The molecule has 3 amide bonds. The zero-order valence-corrected chi connectivity index (χ0v) is 25.3. The molecule has 3 unspecified atom stereocenters. The molecule has 0 radical (unpaired) electrons. The first-order valence-electron chi connectivity index (χ1n) is 13.9. The third-order valence-corrected chi connectivity index (χ3v) is 11.6. The van der Waals surface area contributed by atoms with Gasteiger partial charge in [-0.05, 0) is 24.8 Å². The largest absolute Gasteiger partial charge is 0.394 e. The molecule has 3 saturated heterocycles. The van der Waals surface area contributed by atoms with Gasteiger partial charge >= 0.3 is 0 Å². The first-order valence-corrected chi connectivity index (χ1v) is 15.7. The number of hydrogen-bond donors (Lipinski definition) is 1. The Labute approximate surface area is 244 Å². The molecule has 1 N–H and O–H groups in total. The Bertz CT molecular complexity index is 1080. The maximum Gasteiger partial charge on any atom is 0.247 e. The molecule has 39 heavy (non-hydrogen) atoms. The van der Waals surface area contributed by atoms with E-state index < -0.39 is 28.7 Å². The van der Waals surface area contributed by atoms with Crippen molar-refractivity contribution in [1.29, 1.82) is 0 Å². The van der Waals surface area contributed by atoms with Gasteiger partial charge in [-0.1, -0.05) is 72.3 Å². The first kappa shape index (κ1) is 29.9. The summed E-state index contributed by atoms with van der Waals surface area (Å²) in [5, 5.41) is 10.2. The number of nitrogens with zero attached hydrogens (tertiary/aromatic N) is 3. The van der Waals surface area contributed by atoms with E-state index in [0.717, 1.165) is 12.0 Å². The zero-order valence-electron chi connectivity index (χ0n) is 22.9. The van der Waals surface area contributed by atoms with Crippen molar-refractivity contribution >= 4 is 45.4 Å². The molecule has 1 aromatic carbocycles. The Morgan fingerprint density at radius 1 is 1.18 bits per heavy atom. The van der Waals surface area contributed by atoms with Gasteiger partial charge in [0.1, 0.15) is 6.04 Å². The van der Waals surface area contributed by atoms with Crippen molar-refractivity contribution in [2.24, 2.45) is 11.8 Å². The monoisotopic (exact) mass is 617 g/mol. The second-order valence-electron chi connectivity index (χ2n) is 10.7. The van der Waals surface area contributed by atoms with E-state index in [2.05, 4.69) is 29.1 Å². The van der Waals surface area contributed by atoms with Crippen LogP contribution in [0, 0.1) is 11.8 Å². The summed E-state index contributed by atoms with van der Waals surface area (Å²) < 4.78 is -0.752. The fourth-order valence-corrected chi connectivity index (χ4v) is 10.3. The minimum atomic E-state index is -0.775. The van der Waals surface area contributed by atoms with Crippen LogP contribution >= 0.6 is 27.7 Å². The number of aliphatic hydroxyl groups is 1. The Morgan fingerprint density at radius 3 is 2.44 bits per heavy atom. The summed E-state index contributed by atoms with van der Waals surface area (Å²) in [6, 6.07) is 8.50. The Morgan fingerprint density at radius 2 is 1.85 bits per heavy atom. The molecular weight excluding hydrogens is 578 g/mol. The molecule has 1 aromatic rings. The van der Waals surface area contributed by atoms with Crippen LogP contribution in [-0.4, -0.2) is 90.7 Å². The van der Waals surface area contributed by atoms with Gasteiger partial charge in [-0.2, -0.15) is 0 Å². The molecule has 2 bridgehead atoms. The Kier molecular flexibility index (Phi) is 9.65. The van der Waals surface area contributed by atoms with Crippen LogP contribution in [0.5, 0.6) is 0 Å². The first-order chi connectivity index (χ1) is 18.8. The zero-order chi connectivity index (χ0) is 28.3. The summed E-state index contributed by atoms with van der Waals surface area (Å²) >= 11 is 5.47. The minimum Gasteiger partial charge on any atom is -0.394 e. The number of benzene rings is 1. The van der Waals surface area contributed by atoms with Crippen molar-refractivity contribution in [3.63, 3.8) is 0 Å². The van der Waals surface area contributed by atoms with E-state index in [1.165, 1.54) is 0 Å². The minimum absolute atomic E-state index is 0.000798. The molecule has 0 aromatic heterocycles. The highest BCUT2D eigenvalue weighted by molar-refractivity contribution is 9.09. The fourth-order valence-electron chi connectivity index (χ4n) is 6.73. The molecule has 0 aliphatic carbocycles. The summed E-state index contributed by atoms with van der Waals surface area (Å²) in [6.45, 7) is 13.1. The number of carbonyl (C=O) groups is 3. The van der Waals surface area contributed by atoms with E-state index >= 15 is 0 Å². The number of carbonyl (C=O) groups excluding carboxylic acids is 3. The molecular formula is C30H40BrN3O4S. The number of thioether (sulfide) groups is 1. The van der Waals surface area contributed by atoms with Crippen molar-refractivity contribution in [1.82, 2.24) is 14.7 Å². The van der Waals surface area contributed by atoms with Gasteiger partial charge in [-0.25, -0.2) is 0 Å². The molecule has 7 nitrogen and oxygen atoms in total. The number of halogens is 1. The molecule has 3 heterocycles. The number of amides is 3. The van der Waals surface area contributed by atoms with E-state index in [4.69, 9.17) is 0 Å². The van der Waals surface area contributed by atoms with E-state index in [9.17, 15) is 19.5 Å². The predicted octanol–water partition coefficient (Wildman–Crippen LogP) is 3.86. The molecule has 9 heteroatoms. The third kappa shape index (κ3) is 5.22. The van der Waals surface area contributed by atoms with Gasteiger partial charge in [-0.15, -0.1) is 24.9 Å². The SMILES string of the molecule is C=CCN(Cc1ccccc1)C(=O)C1N([C@@H](CC)CO)C(=O)[C@@H]2[C@@H](C(=O)N(CC=C)CCC)[C@@H]3SC12CC3Br.